The highest BCUT2D eigenvalue weighted by molar-refractivity contribution is 4.86. The predicted molar refractivity (Wildman–Crippen MR) is 58.0 cm³/mol. The molecule has 0 spiro atoms. The van der Waals surface area contributed by atoms with Gasteiger partial charge in [-0.05, 0) is 49.9 Å². The Morgan fingerprint density at radius 1 is 1.14 bits per heavy atom. The molecule has 1 aliphatic heterocycles. The average molecular weight is 197 g/mol. The van der Waals surface area contributed by atoms with Crippen molar-refractivity contribution in [2.45, 2.75) is 45.1 Å². The van der Waals surface area contributed by atoms with E-state index < -0.39 is 0 Å². The molecule has 1 heterocycles. The summed E-state index contributed by atoms with van der Waals surface area (Å²) in [5.41, 5.74) is 6.05. The van der Waals surface area contributed by atoms with Gasteiger partial charge in [-0.2, -0.15) is 0 Å². The summed E-state index contributed by atoms with van der Waals surface area (Å²) in [5.74, 6) is 2.56. The Labute approximate surface area is 87.2 Å². The molecule has 3 unspecified atom stereocenters. The summed E-state index contributed by atoms with van der Waals surface area (Å²) in [6.45, 7) is 4.30. The second-order valence-electron chi connectivity index (χ2n) is 5.15. The number of ether oxygens (including phenoxy) is 1. The molecule has 3 atom stereocenters. The van der Waals surface area contributed by atoms with E-state index in [-0.39, 0.29) is 0 Å². The molecule has 1 saturated carbocycles. The monoisotopic (exact) mass is 197 g/mol. The minimum absolute atomic E-state index is 0.472. The lowest BCUT2D eigenvalue weighted by molar-refractivity contribution is 0.0565. The maximum atomic E-state index is 6.05. The van der Waals surface area contributed by atoms with Crippen LogP contribution in [0.25, 0.3) is 0 Å². The second kappa shape index (κ2) is 4.63. The molecule has 1 aliphatic carbocycles. The van der Waals surface area contributed by atoms with E-state index in [1.165, 1.54) is 32.1 Å². The summed E-state index contributed by atoms with van der Waals surface area (Å²) in [7, 11) is 0. The normalized spacial score (nSPS) is 40.3. The molecule has 2 aliphatic rings. The van der Waals surface area contributed by atoms with E-state index in [0.717, 1.165) is 31.0 Å². The third-order valence-electron chi connectivity index (χ3n) is 4.27. The SMILES string of the molecule is CC1C(N)CCC1CC1CCOCC1. The van der Waals surface area contributed by atoms with Gasteiger partial charge in [-0.3, -0.25) is 0 Å². The number of hydrogen-bond acceptors (Lipinski definition) is 2. The van der Waals surface area contributed by atoms with Crippen LogP contribution >= 0.6 is 0 Å². The van der Waals surface area contributed by atoms with E-state index in [1.54, 1.807) is 0 Å². The van der Waals surface area contributed by atoms with E-state index in [4.69, 9.17) is 10.5 Å². The summed E-state index contributed by atoms with van der Waals surface area (Å²) in [6, 6.07) is 0.472. The van der Waals surface area contributed by atoms with Crippen LogP contribution in [-0.2, 0) is 4.74 Å². The smallest absolute Gasteiger partial charge is 0.0468 e. The van der Waals surface area contributed by atoms with Gasteiger partial charge >= 0.3 is 0 Å². The van der Waals surface area contributed by atoms with Crippen molar-refractivity contribution in [1.82, 2.24) is 0 Å². The van der Waals surface area contributed by atoms with Gasteiger partial charge in [-0.15, -0.1) is 0 Å². The Morgan fingerprint density at radius 3 is 2.43 bits per heavy atom. The van der Waals surface area contributed by atoms with Crippen LogP contribution in [0.5, 0.6) is 0 Å². The Kier molecular flexibility index (Phi) is 3.45. The summed E-state index contributed by atoms with van der Waals surface area (Å²) in [6.07, 6.45) is 6.56. The van der Waals surface area contributed by atoms with Crippen molar-refractivity contribution in [3.63, 3.8) is 0 Å². The first-order valence-corrected chi connectivity index (χ1v) is 6.10. The van der Waals surface area contributed by atoms with E-state index in [9.17, 15) is 0 Å². The number of hydrogen-bond donors (Lipinski definition) is 1. The van der Waals surface area contributed by atoms with Gasteiger partial charge in [0.2, 0.25) is 0 Å². The zero-order valence-corrected chi connectivity index (χ0v) is 9.24. The zero-order chi connectivity index (χ0) is 9.97. The minimum atomic E-state index is 0.472. The van der Waals surface area contributed by atoms with Gasteiger partial charge in [0.15, 0.2) is 0 Å². The van der Waals surface area contributed by atoms with Crippen molar-refractivity contribution in [2.24, 2.45) is 23.5 Å². The molecule has 1 saturated heterocycles. The maximum absolute atomic E-state index is 6.05. The average Bonchev–Trinajstić information content (AvgIpc) is 2.52. The molecular formula is C12H23NO. The van der Waals surface area contributed by atoms with Crippen LogP contribution in [-0.4, -0.2) is 19.3 Å². The molecule has 2 fully saturated rings. The molecule has 0 radical (unpaired) electrons. The van der Waals surface area contributed by atoms with Crippen LogP contribution in [0.1, 0.15) is 39.0 Å². The molecule has 0 aromatic rings. The minimum Gasteiger partial charge on any atom is -0.381 e. The first-order chi connectivity index (χ1) is 6.77. The maximum Gasteiger partial charge on any atom is 0.0468 e. The molecule has 14 heavy (non-hydrogen) atoms. The van der Waals surface area contributed by atoms with Crippen LogP contribution in [0.15, 0.2) is 0 Å². The molecule has 0 bridgehead atoms. The van der Waals surface area contributed by atoms with Gasteiger partial charge in [0.1, 0.15) is 0 Å². The Balaban J connectivity index is 1.79. The highest BCUT2D eigenvalue weighted by Crippen LogP contribution is 2.37. The fourth-order valence-electron chi connectivity index (χ4n) is 3.02. The van der Waals surface area contributed by atoms with E-state index >= 15 is 0 Å². The largest absolute Gasteiger partial charge is 0.381 e. The Morgan fingerprint density at radius 2 is 1.86 bits per heavy atom. The van der Waals surface area contributed by atoms with Gasteiger partial charge in [0.25, 0.3) is 0 Å². The van der Waals surface area contributed by atoms with E-state index in [0.29, 0.717) is 6.04 Å². The molecule has 0 aromatic heterocycles. The summed E-state index contributed by atoms with van der Waals surface area (Å²) < 4.78 is 5.39. The molecule has 2 nitrogen and oxygen atoms in total. The van der Waals surface area contributed by atoms with Crippen LogP contribution in [0.4, 0.5) is 0 Å². The lowest BCUT2D eigenvalue weighted by Gasteiger charge is -2.27. The van der Waals surface area contributed by atoms with Crippen LogP contribution < -0.4 is 5.73 Å². The summed E-state index contributed by atoms with van der Waals surface area (Å²) in [4.78, 5) is 0. The first kappa shape index (κ1) is 10.4. The lowest BCUT2D eigenvalue weighted by atomic mass is 9.84. The summed E-state index contributed by atoms with van der Waals surface area (Å²) in [5, 5.41) is 0. The highest BCUT2D eigenvalue weighted by Gasteiger charge is 2.32. The topological polar surface area (TPSA) is 35.2 Å². The third-order valence-corrected chi connectivity index (χ3v) is 4.27. The molecule has 2 heteroatoms. The third kappa shape index (κ3) is 2.29. The Bertz CT molecular complexity index is 177. The van der Waals surface area contributed by atoms with Crippen molar-refractivity contribution >= 4 is 0 Å². The van der Waals surface area contributed by atoms with Crippen LogP contribution in [0.2, 0.25) is 0 Å². The van der Waals surface area contributed by atoms with E-state index in [2.05, 4.69) is 6.92 Å². The van der Waals surface area contributed by atoms with Crippen molar-refractivity contribution in [3.8, 4) is 0 Å². The van der Waals surface area contributed by atoms with Crippen LogP contribution in [0.3, 0.4) is 0 Å². The quantitative estimate of drug-likeness (QED) is 0.736. The highest BCUT2D eigenvalue weighted by atomic mass is 16.5. The molecule has 2 rings (SSSR count). The second-order valence-corrected chi connectivity index (χ2v) is 5.15. The Hall–Kier alpha value is -0.0800. The lowest BCUT2D eigenvalue weighted by Crippen LogP contribution is -2.27. The molecule has 0 aromatic carbocycles. The molecule has 0 amide bonds. The number of nitrogens with two attached hydrogens (primary N) is 1. The van der Waals surface area contributed by atoms with Crippen LogP contribution in [0, 0.1) is 17.8 Å². The van der Waals surface area contributed by atoms with Crippen molar-refractivity contribution in [1.29, 1.82) is 0 Å². The fraction of sp³-hybridized carbons (Fsp3) is 1.00. The van der Waals surface area contributed by atoms with Crippen molar-refractivity contribution in [3.05, 3.63) is 0 Å². The first-order valence-electron chi connectivity index (χ1n) is 6.10. The van der Waals surface area contributed by atoms with Gasteiger partial charge in [0.05, 0.1) is 0 Å². The predicted octanol–water partition coefficient (Wildman–Crippen LogP) is 2.18. The van der Waals surface area contributed by atoms with Gasteiger partial charge in [-0.25, -0.2) is 0 Å². The van der Waals surface area contributed by atoms with Gasteiger partial charge in [-0.1, -0.05) is 6.92 Å². The fourth-order valence-corrected chi connectivity index (χ4v) is 3.02. The molecule has 82 valence electrons. The van der Waals surface area contributed by atoms with Gasteiger partial charge in [0, 0.05) is 19.3 Å². The molecular weight excluding hydrogens is 174 g/mol. The van der Waals surface area contributed by atoms with Gasteiger partial charge < -0.3 is 10.5 Å². The zero-order valence-electron chi connectivity index (χ0n) is 9.24. The molecule has 2 N–H and O–H groups in total. The standard InChI is InChI=1S/C12H23NO/c1-9-11(2-3-12(9)13)8-10-4-6-14-7-5-10/h9-12H,2-8,13H2,1H3. The van der Waals surface area contributed by atoms with E-state index in [1.807, 2.05) is 0 Å². The summed E-state index contributed by atoms with van der Waals surface area (Å²) >= 11 is 0. The van der Waals surface area contributed by atoms with Crippen molar-refractivity contribution in [2.75, 3.05) is 13.2 Å². The van der Waals surface area contributed by atoms with Crippen molar-refractivity contribution < 1.29 is 4.74 Å². The number of rotatable bonds is 2.